The Morgan fingerprint density at radius 2 is 2.24 bits per heavy atom. The molecule has 0 radical (unpaired) electrons. The second-order valence-electron chi connectivity index (χ2n) is 5.09. The quantitative estimate of drug-likeness (QED) is 0.709. The van der Waals surface area contributed by atoms with E-state index in [1.165, 1.54) is 0 Å². The van der Waals surface area contributed by atoms with E-state index in [0.29, 0.717) is 19.1 Å². The summed E-state index contributed by atoms with van der Waals surface area (Å²) in [6, 6.07) is 0. The van der Waals surface area contributed by atoms with Crippen LogP contribution in [0, 0.1) is 11.8 Å². The summed E-state index contributed by atoms with van der Waals surface area (Å²) in [4.78, 5) is 17.7. The lowest BCUT2D eigenvalue weighted by Gasteiger charge is -2.41. The molecule has 0 aliphatic carbocycles. The third-order valence-electron chi connectivity index (χ3n) is 4.06. The highest BCUT2D eigenvalue weighted by Gasteiger charge is 2.41. The number of carbonyl (C=O) groups excluding carboxylic acids is 1. The Morgan fingerprint density at radius 3 is 3.06 bits per heavy atom. The Morgan fingerprint density at radius 1 is 1.29 bits per heavy atom. The minimum Gasteiger partial charge on any atom is -0.378 e. The second kappa shape index (κ2) is 4.92. The maximum atomic E-state index is 12.4. The smallest absolute Gasteiger partial charge is 0.249 e. The number of hydrogen-bond donors (Lipinski definition) is 1. The molecule has 3 aliphatic rings. The average molecular weight is 240 g/mol. The first-order valence-electron chi connectivity index (χ1n) is 6.63. The number of nitrogens with zero attached hydrogens (tertiary/aromatic N) is 1. The number of rotatable bonds is 1. The molecule has 0 unspecified atom stereocenters. The zero-order valence-corrected chi connectivity index (χ0v) is 10.1. The average Bonchev–Trinajstić information content (AvgIpc) is 2.91. The molecule has 0 aromatic rings. The summed E-state index contributed by atoms with van der Waals surface area (Å²) in [5, 5.41) is 4.94. The molecule has 0 spiro atoms. The van der Waals surface area contributed by atoms with Crippen LogP contribution in [0.4, 0.5) is 0 Å². The van der Waals surface area contributed by atoms with E-state index in [1.807, 2.05) is 0 Å². The number of amides is 1. The van der Waals surface area contributed by atoms with Crippen LogP contribution in [0.25, 0.3) is 0 Å². The van der Waals surface area contributed by atoms with Crippen molar-refractivity contribution >= 4 is 5.91 Å². The van der Waals surface area contributed by atoms with Crippen molar-refractivity contribution in [2.45, 2.75) is 25.4 Å². The maximum Gasteiger partial charge on any atom is 0.249 e. The number of nitrogens with one attached hydrogen (secondary N) is 1. The van der Waals surface area contributed by atoms with Crippen LogP contribution in [0.2, 0.25) is 0 Å². The Balaban J connectivity index is 1.69. The molecule has 5 heteroatoms. The number of fused-ring (bicyclic) bond motifs is 1. The van der Waals surface area contributed by atoms with E-state index in [0.717, 1.165) is 38.9 Å². The zero-order chi connectivity index (χ0) is 11.7. The molecule has 3 fully saturated rings. The van der Waals surface area contributed by atoms with E-state index in [9.17, 15) is 4.79 Å². The van der Waals surface area contributed by atoms with Crippen LogP contribution in [-0.4, -0.2) is 49.9 Å². The largest absolute Gasteiger partial charge is 0.378 e. The number of ether oxygens (including phenoxy) is 1. The standard InChI is InChI=1S/C12H20N2O3/c15-12(14-5-1-6-17-14)9-3-7-16-11-2-4-13-8-10(9)11/h9-11,13H,1-8H2/t9-,10+,11-/m1/s1. The summed E-state index contributed by atoms with van der Waals surface area (Å²) in [6.07, 6.45) is 3.08. The Labute approximate surface area is 101 Å². The van der Waals surface area contributed by atoms with E-state index in [-0.39, 0.29) is 17.9 Å². The van der Waals surface area contributed by atoms with Gasteiger partial charge >= 0.3 is 0 Å². The molecular weight excluding hydrogens is 220 g/mol. The molecule has 3 atom stereocenters. The van der Waals surface area contributed by atoms with Crippen molar-refractivity contribution in [1.82, 2.24) is 10.4 Å². The van der Waals surface area contributed by atoms with Crippen molar-refractivity contribution in [2.75, 3.05) is 32.8 Å². The molecule has 3 saturated heterocycles. The highest BCUT2D eigenvalue weighted by atomic mass is 16.7. The lowest BCUT2D eigenvalue weighted by Crippen LogP contribution is -2.52. The fourth-order valence-electron chi connectivity index (χ4n) is 3.14. The van der Waals surface area contributed by atoms with Crippen LogP contribution in [0.5, 0.6) is 0 Å². The van der Waals surface area contributed by atoms with Gasteiger partial charge < -0.3 is 10.1 Å². The Bertz CT molecular complexity index is 289. The van der Waals surface area contributed by atoms with Gasteiger partial charge in [0.2, 0.25) is 5.91 Å². The summed E-state index contributed by atoms with van der Waals surface area (Å²) in [5.74, 6) is 0.582. The van der Waals surface area contributed by atoms with Crippen LogP contribution in [-0.2, 0) is 14.4 Å². The Hall–Kier alpha value is -0.650. The van der Waals surface area contributed by atoms with Gasteiger partial charge in [0, 0.05) is 25.0 Å². The lowest BCUT2D eigenvalue weighted by atomic mass is 9.79. The van der Waals surface area contributed by atoms with Crippen molar-refractivity contribution in [3.8, 4) is 0 Å². The number of hydroxylamine groups is 2. The topological polar surface area (TPSA) is 50.8 Å². The first kappa shape index (κ1) is 11.4. The van der Waals surface area contributed by atoms with E-state index in [2.05, 4.69) is 5.32 Å². The molecular formula is C12H20N2O3. The monoisotopic (exact) mass is 240 g/mol. The van der Waals surface area contributed by atoms with Gasteiger partial charge in [-0.2, -0.15) is 0 Å². The van der Waals surface area contributed by atoms with Gasteiger partial charge in [-0.1, -0.05) is 0 Å². The zero-order valence-electron chi connectivity index (χ0n) is 10.1. The fraction of sp³-hybridized carbons (Fsp3) is 0.917. The van der Waals surface area contributed by atoms with Gasteiger partial charge in [0.1, 0.15) is 0 Å². The number of piperidine rings is 1. The maximum absolute atomic E-state index is 12.4. The summed E-state index contributed by atoms with van der Waals surface area (Å²) in [7, 11) is 0. The molecule has 3 heterocycles. The van der Waals surface area contributed by atoms with Gasteiger partial charge in [0.15, 0.2) is 0 Å². The fourth-order valence-corrected chi connectivity index (χ4v) is 3.14. The molecule has 1 amide bonds. The van der Waals surface area contributed by atoms with Gasteiger partial charge in [-0.05, 0) is 25.8 Å². The van der Waals surface area contributed by atoms with Gasteiger partial charge in [0.05, 0.1) is 19.3 Å². The Kier molecular flexibility index (Phi) is 3.31. The van der Waals surface area contributed by atoms with E-state index in [1.54, 1.807) is 5.06 Å². The molecule has 17 heavy (non-hydrogen) atoms. The first-order chi connectivity index (χ1) is 8.36. The summed E-state index contributed by atoms with van der Waals surface area (Å²) in [6.45, 7) is 4.05. The van der Waals surface area contributed by atoms with Crippen LogP contribution in [0.15, 0.2) is 0 Å². The number of hydrogen-bond acceptors (Lipinski definition) is 4. The van der Waals surface area contributed by atoms with E-state index < -0.39 is 0 Å². The van der Waals surface area contributed by atoms with E-state index in [4.69, 9.17) is 9.57 Å². The van der Waals surface area contributed by atoms with Gasteiger partial charge in [-0.3, -0.25) is 9.63 Å². The SMILES string of the molecule is O=C([C@@H]1CCO[C@@H]2CCNC[C@H]21)N1CCCO1. The predicted octanol–water partition coefficient (Wildman–Crippen LogP) is 0.165. The summed E-state index contributed by atoms with van der Waals surface area (Å²) >= 11 is 0. The highest BCUT2D eigenvalue weighted by Crippen LogP contribution is 2.32. The summed E-state index contributed by atoms with van der Waals surface area (Å²) < 4.78 is 5.77. The number of carbonyl (C=O) groups is 1. The molecule has 3 rings (SSSR count). The van der Waals surface area contributed by atoms with Gasteiger partial charge in [-0.15, -0.1) is 0 Å². The molecule has 0 bridgehead atoms. The van der Waals surface area contributed by atoms with Crippen molar-refractivity contribution in [1.29, 1.82) is 0 Å². The second-order valence-corrected chi connectivity index (χ2v) is 5.09. The summed E-state index contributed by atoms with van der Waals surface area (Å²) in [5.41, 5.74) is 0. The predicted molar refractivity (Wildman–Crippen MR) is 61.1 cm³/mol. The minimum absolute atomic E-state index is 0.0830. The van der Waals surface area contributed by atoms with Gasteiger partial charge in [0.25, 0.3) is 0 Å². The molecule has 5 nitrogen and oxygen atoms in total. The van der Waals surface area contributed by atoms with Crippen molar-refractivity contribution in [2.24, 2.45) is 11.8 Å². The normalized spacial score (nSPS) is 37.9. The van der Waals surface area contributed by atoms with Crippen LogP contribution >= 0.6 is 0 Å². The van der Waals surface area contributed by atoms with Crippen molar-refractivity contribution < 1.29 is 14.4 Å². The molecule has 3 aliphatic heterocycles. The minimum atomic E-state index is 0.0830. The van der Waals surface area contributed by atoms with Crippen LogP contribution in [0.1, 0.15) is 19.3 Å². The molecule has 0 aromatic heterocycles. The van der Waals surface area contributed by atoms with Crippen molar-refractivity contribution in [3.63, 3.8) is 0 Å². The molecule has 0 saturated carbocycles. The third kappa shape index (κ3) is 2.19. The van der Waals surface area contributed by atoms with Crippen molar-refractivity contribution in [3.05, 3.63) is 0 Å². The molecule has 0 aromatic carbocycles. The van der Waals surface area contributed by atoms with Crippen LogP contribution < -0.4 is 5.32 Å². The van der Waals surface area contributed by atoms with Gasteiger partial charge in [-0.25, -0.2) is 5.06 Å². The first-order valence-corrected chi connectivity index (χ1v) is 6.63. The molecule has 96 valence electrons. The van der Waals surface area contributed by atoms with Crippen LogP contribution in [0.3, 0.4) is 0 Å². The van der Waals surface area contributed by atoms with E-state index >= 15 is 0 Å². The lowest BCUT2D eigenvalue weighted by molar-refractivity contribution is -0.183. The highest BCUT2D eigenvalue weighted by molar-refractivity contribution is 5.78. The molecule has 1 N–H and O–H groups in total. The third-order valence-corrected chi connectivity index (χ3v) is 4.06.